The highest BCUT2D eigenvalue weighted by molar-refractivity contribution is 5.37. The van der Waals surface area contributed by atoms with E-state index in [1.807, 2.05) is 6.07 Å². The highest BCUT2D eigenvalue weighted by Crippen LogP contribution is 2.23. The van der Waals surface area contributed by atoms with Gasteiger partial charge >= 0.3 is 5.69 Å². The van der Waals surface area contributed by atoms with Crippen LogP contribution in [0.2, 0.25) is 0 Å². The van der Waals surface area contributed by atoms with E-state index >= 15 is 0 Å². The summed E-state index contributed by atoms with van der Waals surface area (Å²) in [6.45, 7) is 0.206. The molecule has 0 fully saturated rings. The van der Waals surface area contributed by atoms with Crippen molar-refractivity contribution in [2.24, 2.45) is 5.73 Å². The summed E-state index contributed by atoms with van der Waals surface area (Å²) in [4.78, 5) is 9.90. The molecule has 0 saturated carbocycles. The Morgan fingerprint density at radius 1 is 1.15 bits per heavy atom. The lowest BCUT2D eigenvalue weighted by atomic mass is 10.2. The summed E-state index contributed by atoms with van der Waals surface area (Å²) in [5.41, 5.74) is 5.93. The monoisotopic (exact) mass is 276 g/mol. The second-order valence-electron chi connectivity index (χ2n) is 4.11. The Morgan fingerprint density at radius 2 is 1.85 bits per heavy atom. The quantitative estimate of drug-likeness (QED) is 0.672. The van der Waals surface area contributed by atoms with Gasteiger partial charge in [0.2, 0.25) is 5.82 Å². The highest BCUT2D eigenvalue weighted by atomic mass is 19.1. The number of nitro benzene ring substituents is 1. The number of benzene rings is 2. The summed E-state index contributed by atoms with van der Waals surface area (Å²) in [5, 5.41) is 10.7. The van der Waals surface area contributed by atoms with Gasteiger partial charge in [-0.25, -0.2) is 0 Å². The third-order valence-corrected chi connectivity index (χ3v) is 2.83. The lowest BCUT2D eigenvalue weighted by Crippen LogP contribution is -2.05. The van der Waals surface area contributed by atoms with Crippen LogP contribution in [0.15, 0.2) is 42.5 Å². The van der Waals surface area contributed by atoms with Crippen molar-refractivity contribution in [2.75, 3.05) is 0 Å². The van der Waals surface area contributed by atoms with E-state index in [0.29, 0.717) is 12.3 Å². The predicted molar refractivity (Wildman–Crippen MR) is 71.7 cm³/mol. The number of nitrogens with zero attached hydrogens (tertiary/aromatic N) is 1. The fraction of sp³-hybridized carbons (Fsp3) is 0.143. The van der Waals surface area contributed by atoms with Gasteiger partial charge in [0.15, 0.2) is 0 Å². The summed E-state index contributed by atoms with van der Waals surface area (Å²) < 4.78 is 19.3. The minimum absolute atomic E-state index is 0.0927. The third-order valence-electron chi connectivity index (χ3n) is 2.83. The maximum absolute atomic E-state index is 13.9. The number of halogens is 1. The van der Waals surface area contributed by atoms with Gasteiger partial charge in [-0.15, -0.1) is 0 Å². The van der Waals surface area contributed by atoms with Crippen molar-refractivity contribution in [1.29, 1.82) is 0 Å². The van der Waals surface area contributed by atoms with Crippen molar-refractivity contribution in [2.45, 2.75) is 13.2 Å². The van der Waals surface area contributed by atoms with E-state index in [-0.39, 0.29) is 12.2 Å². The molecule has 0 spiro atoms. The van der Waals surface area contributed by atoms with Gasteiger partial charge in [0, 0.05) is 23.7 Å². The first kappa shape index (κ1) is 14.0. The zero-order chi connectivity index (χ0) is 14.5. The Bertz CT molecular complexity index is 632. The fourth-order valence-electron chi connectivity index (χ4n) is 1.79. The van der Waals surface area contributed by atoms with Crippen LogP contribution < -0.4 is 10.5 Å². The maximum Gasteiger partial charge on any atom is 0.305 e. The minimum Gasteiger partial charge on any atom is -0.488 e. The van der Waals surface area contributed by atoms with Gasteiger partial charge in [-0.2, -0.15) is 4.39 Å². The standard InChI is InChI=1S/C14H13FN2O3/c15-14-11(5-3-6-12(14)17(18)19)9-20-13-7-2-1-4-10(13)8-16/h1-7H,8-9,16H2. The Kier molecular flexibility index (Phi) is 4.27. The van der Waals surface area contributed by atoms with E-state index in [1.54, 1.807) is 18.2 Å². The Balaban J connectivity index is 2.19. The Morgan fingerprint density at radius 3 is 2.55 bits per heavy atom. The molecule has 2 rings (SSSR count). The zero-order valence-corrected chi connectivity index (χ0v) is 10.6. The first-order chi connectivity index (χ1) is 9.63. The van der Waals surface area contributed by atoms with Gasteiger partial charge in [0.1, 0.15) is 12.4 Å². The number of para-hydroxylation sites is 1. The number of hydrogen-bond donors (Lipinski definition) is 1. The van der Waals surface area contributed by atoms with Crippen LogP contribution in [0.4, 0.5) is 10.1 Å². The molecule has 5 nitrogen and oxygen atoms in total. The summed E-state index contributed by atoms with van der Waals surface area (Å²) in [5.74, 6) is -0.330. The number of nitro groups is 1. The summed E-state index contributed by atoms with van der Waals surface area (Å²) in [6, 6.07) is 11.1. The van der Waals surface area contributed by atoms with Gasteiger partial charge < -0.3 is 10.5 Å². The van der Waals surface area contributed by atoms with Crippen LogP contribution in [-0.4, -0.2) is 4.92 Å². The summed E-state index contributed by atoms with van der Waals surface area (Å²) >= 11 is 0. The fourth-order valence-corrected chi connectivity index (χ4v) is 1.79. The molecule has 6 heteroatoms. The van der Waals surface area contributed by atoms with Gasteiger partial charge in [0.05, 0.1) is 4.92 Å². The third kappa shape index (κ3) is 2.92. The largest absolute Gasteiger partial charge is 0.488 e. The number of rotatable bonds is 5. The van der Waals surface area contributed by atoms with Crippen molar-refractivity contribution in [3.05, 3.63) is 69.5 Å². The number of nitrogens with two attached hydrogens (primary N) is 1. The molecule has 104 valence electrons. The lowest BCUT2D eigenvalue weighted by molar-refractivity contribution is -0.387. The molecule has 0 aromatic heterocycles. The summed E-state index contributed by atoms with van der Waals surface area (Å²) in [6.07, 6.45) is 0. The van der Waals surface area contributed by atoms with E-state index in [1.165, 1.54) is 12.1 Å². The molecule has 0 heterocycles. The van der Waals surface area contributed by atoms with Crippen LogP contribution in [0.1, 0.15) is 11.1 Å². The normalized spacial score (nSPS) is 10.3. The molecule has 0 amide bonds. The molecule has 0 aliphatic heterocycles. The number of ether oxygens (including phenoxy) is 1. The van der Waals surface area contributed by atoms with Crippen LogP contribution in [-0.2, 0) is 13.2 Å². The predicted octanol–water partition coefficient (Wildman–Crippen LogP) is 2.77. The molecule has 0 bridgehead atoms. The molecule has 0 unspecified atom stereocenters. The molecule has 0 atom stereocenters. The van der Waals surface area contributed by atoms with Crippen molar-refractivity contribution in [3.8, 4) is 5.75 Å². The van der Waals surface area contributed by atoms with Crippen LogP contribution in [0.3, 0.4) is 0 Å². The highest BCUT2D eigenvalue weighted by Gasteiger charge is 2.17. The van der Waals surface area contributed by atoms with Gasteiger partial charge in [-0.1, -0.05) is 30.3 Å². The van der Waals surface area contributed by atoms with Crippen LogP contribution in [0, 0.1) is 15.9 Å². The molecular formula is C14H13FN2O3. The first-order valence-electron chi connectivity index (χ1n) is 5.96. The summed E-state index contributed by atoms with van der Waals surface area (Å²) in [7, 11) is 0. The second kappa shape index (κ2) is 6.12. The second-order valence-corrected chi connectivity index (χ2v) is 4.11. The molecule has 20 heavy (non-hydrogen) atoms. The number of hydrogen-bond acceptors (Lipinski definition) is 4. The van der Waals surface area contributed by atoms with Crippen LogP contribution >= 0.6 is 0 Å². The first-order valence-corrected chi connectivity index (χ1v) is 5.96. The van der Waals surface area contributed by atoms with Crippen LogP contribution in [0.25, 0.3) is 0 Å². The van der Waals surface area contributed by atoms with E-state index in [4.69, 9.17) is 10.5 Å². The molecule has 2 aromatic carbocycles. The smallest absolute Gasteiger partial charge is 0.305 e. The lowest BCUT2D eigenvalue weighted by Gasteiger charge is -2.10. The topological polar surface area (TPSA) is 78.4 Å². The minimum atomic E-state index is -0.872. The molecule has 0 saturated heterocycles. The van der Waals surface area contributed by atoms with E-state index < -0.39 is 16.4 Å². The van der Waals surface area contributed by atoms with E-state index in [0.717, 1.165) is 11.6 Å². The van der Waals surface area contributed by atoms with E-state index in [9.17, 15) is 14.5 Å². The molecule has 2 N–H and O–H groups in total. The van der Waals surface area contributed by atoms with Crippen molar-refractivity contribution < 1.29 is 14.1 Å². The Hall–Kier alpha value is -2.47. The van der Waals surface area contributed by atoms with Crippen molar-refractivity contribution in [3.63, 3.8) is 0 Å². The molecule has 2 aromatic rings. The Labute approximate surface area is 114 Å². The van der Waals surface area contributed by atoms with E-state index in [2.05, 4.69) is 0 Å². The maximum atomic E-state index is 13.9. The van der Waals surface area contributed by atoms with Gasteiger partial charge in [0.25, 0.3) is 0 Å². The zero-order valence-electron chi connectivity index (χ0n) is 10.6. The molecular weight excluding hydrogens is 263 g/mol. The van der Waals surface area contributed by atoms with Crippen LogP contribution in [0.5, 0.6) is 5.75 Å². The average molecular weight is 276 g/mol. The SMILES string of the molecule is NCc1ccccc1OCc1cccc([N+](=O)[O-])c1F. The molecule has 0 radical (unpaired) electrons. The van der Waals surface area contributed by atoms with Gasteiger partial charge in [-0.05, 0) is 6.07 Å². The molecule has 0 aliphatic carbocycles. The van der Waals surface area contributed by atoms with Crippen molar-refractivity contribution >= 4 is 5.69 Å². The average Bonchev–Trinajstić information content (AvgIpc) is 2.46. The van der Waals surface area contributed by atoms with Crippen molar-refractivity contribution in [1.82, 2.24) is 0 Å². The molecule has 0 aliphatic rings. The van der Waals surface area contributed by atoms with Gasteiger partial charge in [-0.3, -0.25) is 10.1 Å².